The van der Waals surface area contributed by atoms with E-state index in [1.807, 2.05) is 0 Å². The molecule has 8 heteroatoms. The molecule has 0 spiro atoms. The van der Waals surface area contributed by atoms with E-state index >= 15 is 0 Å². The van der Waals surface area contributed by atoms with Crippen molar-refractivity contribution in [2.45, 2.75) is 134 Å². The highest BCUT2D eigenvalue weighted by Crippen LogP contribution is 2.14. The summed E-state index contributed by atoms with van der Waals surface area (Å²) in [6, 6.07) is -0.704. The Kier molecular flexibility index (Phi) is 21.8. The average Bonchev–Trinajstić information content (AvgIpc) is 2.75. The van der Waals surface area contributed by atoms with Crippen LogP contribution in [0, 0.1) is 0 Å². The third kappa shape index (κ3) is 23.8. The van der Waals surface area contributed by atoms with Crippen LogP contribution in [0.15, 0.2) is 0 Å². The van der Waals surface area contributed by atoms with Crippen LogP contribution in [0.4, 0.5) is 0 Å². The minimum Gasteiger partial charge on any atom is -0.481 e. The number of carboxylic acid groups (broad SMARTS) is 2. The van der Waals surface area contributed by atoms with Crippen molar-refractivity contribution in [3.05, 3.63) is 0 Å². The predicted molar refractivity (Wildman–Crippen MR) is 139 cm³/mol. The summed E-state index contributed by atoms with van der Waals surface area (Å²) in [5.74, 6) is -1.83. The second-order valence-electron chi connectivity index (χ2n) is 8.91. The number of carbonyl (C=O) groups is 4. The number of amides is 1. The van der Waals surface area contributed by atoms with E-state index in [0.717, 1.165) is 38.5 Å². The standard InChI is InChI=1S/C25H44INO6/c26-25(33)21(19-20-24(31)32)27-22(28)17-15-13-11-9-7-5-3-1-2-4-6-8-10-12-14-16-18-23(29)30/h21H,1-20H2,(H,27,28)(H,29,30)(H,31,32)/t21-/m0/s1. The van der Waals surface area contributed by atoms with Gasteiger partial charge in [-0.3, -0.25) is 19.2 Å². The summed E-state index contributed by atoms with van der Waals surface area (Å²) in [6.07, 6.45) is 19.3. The van der Waals surface area contributed by atoms with Crippen LogP contribution in [-0.2, 0) is 19.2 Å². The fraction of sp³-hybridized carbons (Fsp3) is 0.840. The quantitative estimate of drug-likeness (QED) is 0.0689. The van der Waals surface area contributed by atoms with Crippen LogP contribution >= 0.6 is 22.6 Å². The third-order valence-corrected chi connectivity index (χ3v) is 6.55. The molecule has 0 fully saturated rings. The maximum atomic E-state index is 12.0. The van der Waals surface area contributed by atoms with Crippen molar-refractivity contribution in [3.63, 3.8) is 0 Å². The first-order chi connectivity index (χ1) is 15.8. The van der Waals surface area contributed by atoms with E-state index in [1.54, 1.807) is 22.6 Å². The maximum Gasteiger partial charge on any atom is 0.303 e. The number of unbranched alkanes of at least 4 members (excludes halogenated alkanes) is 15. The van der Waals surface area contributed by atoms with Crippen molar-refractivity contribution in [3.8, 4) is 0 Å². The Morgan fingerprint density at radius 3 is 1.21 bits per heavy atom. The molecular weight excluding hydrogens is 537 g/mol. The van der Waals surface area contributed by atoms with Crippen molar-refractivity contribution in [1.29, 1.82) is 0 Å². The van der Waals surface area contributed by atoms with E-state index in [2.05, 4.69) is 5.32 Å². The number of carboxylic acids is 2. The summed E-state index contributed by atoms with van der Waals surface area (Å²) in [7, 11) is 0. The van der Waals surface area contributed by atoms with Gasteiger partial charge >= 0.3 is 11.9 Å². The van der Waals surface area contributed by atoms with Crippen molar-refractivity contribution in [2.75, 3.05) is 0 Å². The van der Waals surface area contributed by atoms with Crippen LogP contribution in [-0.4, -0.2) is 37.9 Å². The number of rotatable bonds is 24. The summed E-state index contributed by atoms with van der Waals surface area (Å²) in [5, 5.41) is 20.0. The second kappa shape index (κ2) is 22.6. The Labute approximate surface area is 213 Å². The van der Waals surface area contributed by atoms with Gasteiger partial charge in [0, 0.05) is 41.9 Å². The average molecular weight is 582 g/mol. The molecule has 0 rings (SSSR count). The van der Waals surface area contributed by atoms with Gasteiger partial charge in [-0.15, -0.1) is 0 Å². The fourth-order valence-corrected chi connectivity index (χ4v) is 4.28. The first kappa shape index (κ1) is 31.8. The fourth-order valence-electron chi connectivity index (χ4n) is 3.81. The van der Waals surface area contributed by atoms with Crippen molar-refractivity contribution in [2.24, 2.45) is 0 Å². The summed E-state index contributed by atoms with van der Waals surface area (Å²) >= 11 is 1.61. The van der Waals surface area contributed by atoms with Gasteiger partial charge in [0.2, 0.25) is 9.70 Å². The lowest BCUT2D eigenvalue weighted by molar-refractivity contribution is -0.138. The molecule has 1 atom stereocenters. The van der Waals surface area contributed by atoms with Gasteiger partial charge in [0.05, 0.1) is 6.04 Å². The Morgan fingerprint density at radius 1 is 0.545 bits per heavy atom. The molecule has 0 aromatic heterocycles. The molecule has 7 nitrogen and oxygen atoms in total. The van der Waals surface area contributed by atoms with Crippen LogP contribution < -0.4 is 5.32 Å². The second-order valence-corrected chi connectivity index (χ2v) is 9.97. The van der Waals surface area contributed by atoms with E-state index in [0.29, 0.717) is 12.8 Å². The molecule has 0 unspecified atom stereocenters. The normalized spacial score (nSPS) is 11.8. The Morgan fingerprint density at radius 2 is 0.879 bits per heavy atom. The molecule has 0 aliphatic rings. The van der Waals surface area contributed by atoms with Gasteiger partial charge in [0.1, 0.15) is 0 Å². The first-order valence-corrected chi connectivity index (χ1v) is 13.8. The largest absolute Gasteiger partial charge is 0.481 e. The van der Waals surface area contributed by atoms with Crippen LogP contribution in [0.2, 0.25) is 0 Å². The van der Waals surface area contributed by atoms with Gasteiger partial charge in [0.15, 0.2) is 0 Å². The monoisotopic (exact) mass is 581 g/mol. The molecular formula is C25H44INO6. The van der Waals surface area contributed by atoms with Gasteiger partial charge in [-0.25, -0.2) is 0 Å². The smallest absolute Gasteiger partial charge is 0.303 e. The van der Waals surface area contributed by atoms with E-state index in [9.17, 15) is 19.2 Å². The molecule has 0 aliphatic carbocycles. The highest BCUT2D eigenvalue weighted by molar-refractivity contribution is 14.1. The lowest BCUT2D eigenvalue weighted by atomic mass is 10.0. The zero-order valence-corrected chi connectivity index (χ0v) is 22.3. The van der Waals surface area contributed by atoms with Gasteiger partial charge in [-0.2, -0.15) is 0 Å². The lowest BCUT2D eigenvalue weighted by Gasteiger charge is -2.14. The molecule has 0 saturated heterocycles. The zero-order chi connectivity index (χ0) is 24.7. The minimum atomic E-state index is -0.967. The molecule has 0 aromatic rings. The molecule has 0 aromatic carbocycles. The van der Waals surface area contributed by atoms with E-state index in [-0.39, 0.29) is 22.5 Å². The number of nitrogens with one attached hydrogen (secondary N) is 1. The third-order valence-electron chi connectivity index (χ3n) is 5.80. The molecule has 1 amide bonds. The van der Waals surface area contributed by atoms with Gasteiger partial charge < -0.3 is 15.5 Å². The minimum absolute atomic E-state index is 0.128. The van der Waals surface area contributed by atoms with E-state index < -0.39 is 18.0 Å². The van der Waals surface area contributed by atoms with Gasteiger partial charge in [0.25, 0.3) is 0 Å². The van der Waals surface area contributed by atoms with Crippen molar-refractivity contribution in [1.82, 2.24) is 5.32 Å². The molecule has 0 aliphatic heterocycles. The predicted octanol–water partition coefficient (Wildman–Crippen LogP) is 6.40. The number of halogens is 1. The van der Waals surface area contributed by atoms with Crippen molar-refractivity contribution >= 4 is 44.2 Å². The van der Waals surface area contributed by atoms with Crippen LogP contribution in [0.25, 0.3) is 0 Å². The number of carbonyl (C=O) groups excluding carboxylic acids is 2. The molecule has 0 bridgehead atoms. The van der Waals surface area contributed by atoms with Gasteiger partial charge in [-0.1, -0.05) is 89.9 Å². The summed E-state index contributed by atoms with van der Waals surface area (Å²) < 4.78 is -0.229. The maximum absolute atomic E-state index is 12.0. The van der Waals surface area contributed by atoms with Crippen molar-refractivity contribution < 1.29 is 29.4 Å². The Hall–Kier alpha value is -1.19. The summed E-state index contributed by atoms with van der Waals surface area (Å²) in [4.78, 5) is 44.5. The summed E-state index contributed by atoms with van der Waals surface area (Å²) in [5.41, 5.74) is 0. The number of hydrogen-bond acceptors (Lipinski definition) is 4. The first-order valence-electron chi connectivity index (χ1n) is 12.7. The summed E-state index contributed by atoms with van der Waals surface area (Å²) in [6.45, 7) is 0. The zero-order valence-electron chi connectivity index (χ0n) is 20.1. The molecule has 3 N–H and O–H groups in total. The number of aliphatic carboxylic acids is 2. The molecule has 0 saturated carbocycles. The molecule has 192 valence electrons. The van der Waals surface area contributed by atoms with E-state index in [1.165, 1.54) is 64.2 Å². The topological polar surface area (TPSA) is 121 Å². The molecule has 33 heavy (non-hydrogen) atoms. The van der Waals surface area contributed by atoms with Crippen LogP contribution in [0.5, 0.6) is 0 Å². The van der Waals surface area contributed by atoms with Crippen LogP contribution in [0.3, 0.4) is 0 Å². The molecule has 0 heterocycles. The van der Waals surface area contributed by atoms with Gasteiger partial charge in [-0.05, 0) is 19.3 Å². The highest BCUT2D eigenvalue weighted by Gasteiger charge is 2.19. The van der Waals surface area contributed by atoms with E-state index in [4.69, 9.17) is 10.2 Å². The lowest BCUT2D eigenvalue weighted by Crippen LogP contribution is -2.39. The Balaban J connectivity index is 3.39. The molecule has 0 radical (unpaired) electrons. The Bertz CT molecular complexity index is 555. The van der Waals surface area contributed by atoms with Crippen LogP contribution in [0.1, 0.15) is 128 Å². The number of hydrogen-bond donors (Lipinski definition) is 3. The SMILES string of the molecule is O=C(O)CCCCCCCCCCCCCCCCCCC(=O)N[C@@H](CCC(=O)O)C(=O)I. The highest BCUT2D eigenvalue weighted by atomic mass is 127.